The molecule has 0 unspecified atom stereocenters. The number of rotatable bonds is 10. The molecule has 0 bridgehead atoms. The van der Waals surface area contributed by atoms with E-state index in [9.17, 15) is 9.59 Å². The van der Waals surface area contributed by atoms with E-state index in [2.05, 4.69) is 61.1 Å². The summed E-state index contributed by atoms with van der Waals surface area (Å²) in [4.78, 5) is 33.1. The quantitative estimate of drug-likeness (QED) is 0.125. The molecule has 0 saturated carbocycles. The lowest BCUT2D eigenvalue weighted by Gasteiger charge is -2.27. The van der Waals surface area contributed by atoms with E-state index in [-0.39, 0.29) is 12.2 Å². The Morgan fingerprint density at radius 1 is 1.09 bits per heavy atom. The van der Waals surface area contributed by atoms with Gasteiger partial charge in [0.1, 0.15) is 24.1 Å². The molecule has 44 heavy (non-hydrogen) atoms. The first-order valence-corrected chi connectivity index (χ1v) is 17.7. The summed E-state index contributed by atoms with van der Waals surface area (Å²) in [5.41, 5.74) is 3.36. The minimum Gasteiger partial charge on any atom is -0.496 e. The molecule has 1 atom stereocenters. The number of ether oxygens (including phenoxy) is 3. The monoisotopic (exact) mass is 898 g/mol. The molecule has 1 aliphatic heterocycles. The highest BCUT2D eigenvalue weighted by molar-refractivity contribution is 14.1. The average Bonchev–Trinajstić information content (AvgIpc) is 3.30. The van der Waals surface area contributed by atoms with Crippen molar-refractivity contribution in [2.24, 2.45) is 4.99 Å². The van der Waals surface area contributed by atoms with E-state index in [0.29, 0.717) is 44.9 Å². The topological polar surface area (TPSA) is 79.1 Å². The van der Waals surface area contributed by atoms with Gasteiger partial charge in [-0.05, 0) is 106 Å². The van der Waals surface area contributed by atoms with Crippen LogP contribution in [0.4, 0.5) is 0 Å². The number of hydrogen-bond acceptors (Lipinski definition) is 7. The third-order valence-corrected chi connectivity index (χ3v) is 10.0. The van der Waals surface area contributed by atoms with Gasteiger partial charge >= 0.3 is 5.97 Å². The normalized spacial score (nSPS) is 14.7. The van der Waals surface area contributed by atoms with E-state index >= 15 is 0 Å². The lowest BCUT2D eigenvalue weighted by atomic mass is 9.93. The number of allylic oxidation sites excluding steroid dienone is 1. The third kappa shape index (κ3) is 7.00. The fourth-order valence-corrected chi connectivity index (χ4v) is 8.54. The Morgan fingerprint density at radius 2 is 1.82 bits per heavy atom. The number of carbonyl (C=O) groups is 1. The van der Waals surface area contributed by atoms with Gasteiger partial charge in [0, 0.05) is 10.0 Å². The van der Waals surface area contributed by atoms with Crippen molar-refractivity contribution in [3.05, 3.63) is 120 Å². The van der Waals surface area contributed by atoms with Crippen LogP contribution < -0.4 is 24.4 Å². The molecule has 3 aromatic carbocycles. The van der Waals surface area contributed by atoms with Gasteiger partial charge in [-0.2, -0.15) is 0 Å². The Balaban J connectivity index is 1.64. The zero-order valence-corrected chi connectivity index (χ0v) is 31.0. The molecule has 0 fully saturated rings. The fraction of sp³-hybridized carbons (Fsp3) is 0.242. The molecule has 4 aromatic rings. The number of nitrogens with zero attached hydrogens (tertiary/aromatic N) is 2. The zero-order chi connectivity index (χ0) is 31.4. The summed E-state index contributed by atoms with van der Waals surface area (Å²) in [5.74, 6) is 0.873. The zero-order valence-electron chi connectivity index (χ0n) is 24.2. The Hall–Kier alpha value is -2.49. The van der Waals surface area contributed by atoms with Gasteiger partial charge < -0.3 is 14.2 Å². The van der Waals surface area contributed by atoms with Crippen LogP contribution in [0.2, 0.25) is 0 Å². The average molecular weight is 899 g/mol. The molecule has 11 heteroatoms. The van der Waals surface area contributed by atoms with Gasteiger partial charge in [0.15, 0.2) is 4.80 Å². The van der Waals surface area contributed by atoms with Gasteiger partial charge in [0.25, 0.3) is 5.56 Å². The predicted molar refractivity (Wildman–Crippen MR) is 193 cm³/mol. The predicted octanol–water partition coefficient (Wildman–Crippen LogP) is 7.14. The van der Waals surface area contributed by atoms with E-state index < -0.39 is 12.0 Å². The van der Waals surface area contributed by atoms with Crippen LogP contribution in [0.15, 0.2) is 86.2 Å². The number of esters is 1. The molecule has 0 saturated heterocycles. The van der Waals surface area contributed by atoms with Crippen molar-refractivity contribution in [2.45, 2.75) is 39.3 Å². The van der Waals surface area contributed by atoms with Crippen molar-refractivity contribution in [2.75, 3.05) is 13.7 Å². The summed E-state index contributed by atoms with van der Waals surface area (Å²) < 4.78 is 22.2. The molecule has 0 aliphatic carbocycles. The van der Waals surface area contributed by atoms with Crippen molar-refractivity contribution in [1.29, 1.82) is 0 Å². The molecule has 0 amide bonds. The summed E-state index contributed by atoms with van der Waals surface area (Å²) in [5, 5.41) is 0. The Morgan fingerprint density at radius 3 is 2.48 bits per heavy atom. The lowest BCUT2D eigenvalue weighted by Crippen LogP contribution is -2.40. The van der Waals surface area contributed by atoms with Crippen LogP contribution in [0.1, 0.15) is 49.4 Å². The number of carbonyl (C=O) groups excluding carboxylic acids is 1. The molecule has 2 heterocycles. The van der Waals surface area contributed by atoms with E-state index in [1.807, 2.05) is 73.7 Å². The Labute approximate surface area is 295 Å². The lowest BCUT2D eigenvalue weighted by molar-refractivity contribution is -0.139. The molecular weight excluding hydrogens is 870 g/mol. The van der Waals surface area contributed by atoms with Crippen LogP contribution in [0, 0.1) is 7.14 Å². The van der Waals surface area contributed by atoms with Crippen molar-refractivity contribution >= 4 is 84.5 Å². The van der Waals surface area contributed by atoms with Crippen LogP contribution in [0.3, 0.4) is 0 Å². The van der Waals surface area contributed by atoms with E-state index in [1.165, 1.54) is 11.3 Å². The first-order valence-electron chi connectivity index (χ1n) is 14.0. The van der Waals surface area contributed by atoms with E-state index in [0.717, 1.165) is 34.9 Å². The van der Waals surface area contributed by atoms with Gasteiger partial charge in [-0.1, -0.05) is 70.9 Å². The maximum absolute atomic E-state index is 14.2. The summed E-state index contributed by atoms with van der Waals surface area (Å²) in [6.45, 7) is 4.47. The highest BCUT2D eigenvalue weighted by atomic mass is 127. The van der Waals surface area contributed by atoms with Gasteiger partial charge in [0.05, 0.1) is 36.7 Å². The molecule has 0 spiro atoms. The standard InChI is InChI=1S/C33H29BrI2N2O5S/c1-4-9-25-28(32(40)42-5-2)29(22-17-21(34)12-13-26(22)41-3)38-31(39)27(44-33(38)37-25)16-20-14-23(35)30(24(36)15-20)43-18-19-10-7-6-8-11-19/h6-8,10-17,29H,4-5,9,18H2,1-3H3/b27-16+/t29-/m0/s1. The first kappa shape index (κ1) is 32.9. The van der Waals surface area contributed by atoms with E-state index in [4.69, 9.17) is 19.2 Å². The van der Waals surface area contributed by atoms with Crippen LogP contribution in [0.25, 0.3) is 6.08 Å². The number of halogens is 3. The second kappa shape index (κ2) is 14.7. The van der Waals surface area contributed by atoms with Crippen molar-refractivity contribution < 1.29 is 19.0 Å². The number of methoxy groups -OCH3 is 1. The molecule has 0 radical (unpaired) electrons. The Bertz CT molecular complexity index is 1900. The maximum Gasteiger partial charge on any atom is 0.338 e. The smallest absolute Gasteiger partial charge is 0.338 e. The minimum absolute atomic E-state index is 0.205. The minimum atomic E-state index is -0.768. The molecular formula is C33H29BrI2N2O5S. The molecule has 7 nitrogen and oxygen atoms in total. The second-order valence-electron chi connectivity index (χ2n) is 9.89. The number of hydrogen-bond donors (Lipinski definition) is 0. The number of thiazole rings is 1. The summed E-state index contributed by atoms with van der Waals surface area (Å²) in [6.07, 6.45) is 3.21. The maximum atomic E-state index is 14.2. The van der Waals surface area contributed by atoms with Crippen LogP contribution in [0.5, 0.6) is 11.5 Å². The van der Waals surface area contributed by atoms with Crippen LogP contribution >= 0.6 is 72.4 Å². The fourth-order valence-electron chi connectivity index (χ4n) is 5.02. The van der Waals surface area contributed by atoms with Crippen molar-refractivity contribution in [3.63, 3.8) is 0 Å². The largest absolute Gasteiger partial charge is 0.496 e. The number of benzene rings is 3. The van der Waals surface area contributed by atoms with Gasteiger partial charge in [0.2, 0.25) is 0 Å². The SMILES string of the molecule is CCCC1=C(C(=O)OCC)[C@H](c2cc(Br)ccc2OC)n2c(s/c(=C/c3cc(I)c(OCc4ccccc4)c(I)c3)c2=O)=N1. The molecule has 228 valence electrons. The molecule has 1 aliphatic rings. The second-order valence-corrected chi connectivity index (χ2v) is 14.1. The van der Waals surface area contributed by atoms with E-state index in [1.54, 1.807) is 18.6 Å². The highest BCUT2D eigenvalue weighted by Crippen LogP contribution is 2.38. The van der Waals surface area contributed by atoms with Crippen LogP contribution in [-0.2, 0) is 16.1 Å². The summed E-state index contributed by atoms with van der Waals surface area (Å²) >= 11 is 9.41. The van der Waals surface area contributed by atoms with Crippen molar-refractivity contribution in [3.8, 4) is 11.5 Å². The summed E-state index contributed by atoms with van der Waals surface area (Å²) in [7, 11) is 1.58. The molecule has 5 rings (SSSR count). The Kier molecular flexibility index (Phi) is 11.0. The van der Waals surface area contributed by atoms with Crippen LogP contribution in [-0.4, -0.2) is 24.3 Å². The third-order valence-electron chi connectivity index (χ3n) is 6.92. The summed E-state index contributed by atoms with van der Waals surface area (Å²) in [6, 6.07) is 18.8. The molecule has 1 aromatic heterocycles. The highest BCUT2D eigenvalue weighted by Gasteiger charge is 2.36. The number of aromatic nitrogens is 1. The van der Waals surface area contributed by atoms with Gasteiger partial charge in [-0.15, -0.1) is 0 Å². The van der Waals surface area contributed by atoms with Gasteiger partial charge in [-0.3, -0.25) is 9.36 Å². The molecule has 0 N–H and O–H groups in total. The van der Waals surface area contributed by atoms with Gasteiger partial charge in [-0.25, -0.2) is 9.79 Å². The number of fused-ring (bicyclic) bond motifs is 1. The first-order chi connectivity index (χ1) is 21.2. The van der Waals surface area contributed by atoms with Crippen molar-refractivity contribution in [1.82, 2.24) is 4.57 Å².